The van der Waals surface area contributed by atoms with Gasteiger partial charge in [-0.1, -0.05) is 36.4 Å². The van der Waals surface area contributed by atoms with Crippen LogP contribution >= 0.6 is 11.3 Å². The topological polar surface area (TPSA) is 67.9 Å². The van der Waals surface area contributed by atoms with Gasteiger partial charge < -0.3 is 10.5 Å². The van der Waals surface area contributed by atoms with Crippen LogP contribution in [0.15, 0.2) is 71.1 Å². The maximum absolute atomic E-state index is 13.1. The van der Waals surface area contributed by atoms with Crippen LogP contribution in [0.25, 0.3) is 0 Å². The Bertz CT molecular complexity index is 981. The molecule has 6 heteroatoms. The molecule has 0 radical (unpaired) electrons. The highest BCUT2D eigenvalue weighted by atomic mass is 32.1. The van der Waals surface area contributed by atoms with Gasteiger partial charge in [0.15, 0.2) is 0 Å². The molecule has 1 unspecified atom stereocenters. The van der Waals surface area contributed by atoms with E-state index in [-0.39, 0.29) is 11.9 Å². The number of hydrogen-bond acceptors (Lipinski definition) is 5. The van der Waals surface area contributed by atoms with Crippen LogP contribution in [-0.2, 0) is 0 Å². The second kappa shape index (κ2) is 7.25. The molecule has 1 atom stereocenters. The Hall–Kier alpha value is -3.12. The van der Waals surface area contributed by atoms with Crippen molar-refractivity contribution in [1.29, 1.82) is 0 Å². The summed E-state index contributed by atoms with van der Waals surface area (Å²) in [6.45, 7) is 0. The number of ether oxygens (including phenoxy) is 1. The number of benzene rings is 2. The zero-order valence-electron chi connectivity index (χ0n) is 14.8. The zero-order valence-corrected chi connectivity index (χ0v) is 15.6. The van der Waals surface area contributed by atoms with E-state index in [0.717, 1.165) is 22.6 Å². The third-order valence-electron chi connectivity index (χ3n) is 4.59. The van der Waals surface area contributed by atoms with Gasteiger partial charge in [-0.05, 0) is 35.2 Å². The number of thiophene rings is 1. The summed E-state index contributed by atoms with van der Waals surface area (Å²) in [7, 11) is 1.64. The summed E-state index contributed by atoms with van der Waals surface area (Å²) >= 11 is 1.42. The monoisotopic (exact) mass is 377 g/mol. The minimum Gasteiger partial charge on any atom is -0.496 e. The van der Waals surface area contributed by atoms with Gasteiger partial charge in [0.1, 0.15) is 5.75 Å². The summed E-state index contributed by atoms with van der Waals surface area (Å²) in [5.41, 5.74) is 9.27. The second-order valence-electron chi connectivity index (χ2n) is 6.26. The van der Waals surface area contributed by atoms with Crippen molar-refractivity contribution in [3.8, 4) is 5.75 Å². The molecule has 0 spiro atoms. The maximum Gasteiger partial charge on any atom is 0.284 e. The molecule has 0 aliphatic carbocycles. The Kier molecular flexibility index (Phi) is 4.64. The molecule has 0 fully saturated rings. The third kappa shape index (κ3) is 3.31. The number of methoxy groups -OCH3 is 1. The summed E-state index contributed by atoms with van der Waals surface area (Å²) < 4.78 is 5.53. The number of amides is 1. The molecule has 2 heterocycles. The van der Waals surface area contributed by atoms with Gasteiger partial charge in [-0.3, -0.25) is 4.79 Å². The lowest BCUT2D eigenvalue weighted by atomic mass is 9.97. The normalized spacial score (nSPS) is 16.3. The van der Waals surface area contributed by atoms with Gasteiger partial charge in [-0.15, -0.1) is 11.3 Å². The van der Waals surface area contributed by atoms with E-state index in [9.17, 15) is 4.79 Å². The molecule has 0 saturated heterocycles. The van der Waals surface area contributed by atoms with Crippen LogP contribution in [-0.4, -0.2) is 23.7 Å². The van der Waals surface area contributed by atoms with E-state index >= 15 is 0 Å². The average Bonchev–Trinajstić information content (AvgIpc) is 3.38. The van der Waals surface area contributed by atoms with Gasteiger partial charge in [0.25, 0.3) is 5.91 Å². The Labute approximate surface area is 161 Å². The van der Waals surface area contributed by atoms with E-state index in [1.165, 1.54) is 11.3 Å². The number of hydrogen-bond donors (Lipinski definition) is 1. The molecule has 1 aromatic heterocycles. The highest BCUT2D eigenvalue weighted by Crippen LogP contribution is 2.38. The number of hydrazone groups is 1. The van der Waals surface area contributed by atoms with Crippen LogP contribution in [0.1, 0.15) is 33.3 Å². The number of nitrogen functional groups attached to an aromatic ring is 1. The third-order valence-corrected chi connectivity index (χ3v) is 5.45. The molecular formula is C21H19N3O2S. The first-order valence-corrected chi connectivity index (χ1v) is 9.48. The minimum atomic E-state index is -0.219. The number of carbonyl (C=O) groups excluding carboxylic acids is 1. The van der Waals surface area contributed by atoms with Gasteiger partial charge in [-0.25, -0.2) is 5.01 Å². The molecule has 1 amide bonds. The molecule has 0 bridgehead atoms. The van der Waals surface area contributed by atoms with E-state index in [0.29, 0.717) is 17.0 Å². The molecule has 136 valence electrons. The van der Waals surface area contributed by atoms with E-state index in [2.05, 4.69) is 5.10 Å². The fourth-order valence-corrected chi connectivity index (χ4v) is 3.90. The average molecular weight is 377 g/mol. The Morgan fingerprint density at radius 2 is 1.93 bits per heavy atom. The first-order valence-electron chi connectivity index (χ1n) is 8.60. The first-order chi connectivity index (χ1) is 13.2. The fourth-order valence-electron chi connectivity index (χ4n) is 3.24. The SMILES string of the molecule is COc1ccccc1C1CC(c2ccc(N)cc2)=NN1C(=O)c1cccs1. The quantitative estimate of drug-likeness (QED) is 0.688. The van der Waals surface area contributed by atoms with Crippen molar-refractivity contribution >= 4 is 28.6 Å². The highest BCUT2D eigenvalue weighted by Gasteiger charge is 2.35. The van der Waals surface area contributed by atoms with Crippen molar-refractivity contribution < 1.29 is 9.53 Å². The lowest BCUT2D eigenvalue weighted by Crippen LogP contribution is -2.26. The van der Waals surface area contributed by atoms with Gasteiger partial charge in [-0.2, -0.15) is 5.10 Å². The van der Waals surface area contributed by atoms with Crippen LogP contribution in [0, 0.1) is 0 Å². The first kappa shape index (κ1) is 17.3. The van der Waals surface area contributed by atoms with Crippen molar-refractivity contribution in [3.05, 3.63) is 82.0 Å². The standard InChI is InChI=1S/C21H19N3O2S/c1-26-19-6-3-2-5-16(19)18-13-17(14-8-10-15(22)11-9-14)23-24(18)21(25)20-7-4-12-27-20/h2-12,18H,13,22H2,1H3. The summed E-state index contributed by atoms with van der Waals surface area (Å²) in [5.74, 6) is 0.645. The van der Waals surface area contributed by atoms with Gasteiger partial charge >= 0.3 is 0 Å². The zero-order chi connectivity index (χ0) is 18.8. The molecule has 5 nitrogen and oxygen atoms in total. The van der Waals surface area contributed by atoms with Gasteiger partial charge in [0.05, 0.1) is 23.7 Å². The van der Waals surface area contributed by atoms with E-state index in [4.69, 9.17) is 10.5 Å². The molecule has 2 N–H and O–H groups in total. The number of rotatable bonds is 4. The number of anilines is 1. The van der Waals surface area contributed by atoms with Crippen LogP contribution in [0.3, 0.4) is 0 Å². The van der Waals surface area contributed by atoms with E-state index < -0.39 is 0 Å². The van der Waals surface area contributed by atoms with Crippen molar-refractivity contribution in [2.24, 2.45) is 5.10 Å². The Morgan fingerprint density at radius 1 is 1.15 bits per heavy atom. The smallest absolute Gasteiger partial charge is 0.284 e. The minimum absolute atomic E-state index is 0.105. The molecule has 4 rings (SSSR count). The van der Waals surface area contributed by atoms with Crippen molar-refractivity contribution in [1.82, 2.24) is 5.01 Å². The van der Waals surface area contributed by atoms with Crippen molar-refractivity contribution in [3.63, 3.8) is 0 Å². The highest BCUT2D eigenvalue weighted by molar-refractivity contribution is 7.12. The summed E-state index contributed by atoms with van der Waals surface area (Å²) in [5, 5.41) is 8.16. The summed E-state index contributed by atoms with van der Waals surface area (Å²) in [6.07, 6.45) is 0.613. The predicted octanol–water partition coefficient (Wildman–Crippen LogP) is 4.33. The summed E-state index contributed by atoms with van der Waals surface area (Å²) in [4.78, 5) is 13.8. The van der Waals surface area contributed by atoms with E-state index in [1.807, 2.05) is 66.0 Å². The lowest BCUT2D eigenvalue weighted by molar-refractivity contribution is 0.0714. The second-order valence-corrected chi connectivity index (χ2v) is 7.21. The molecule has 1 aliphatic rings. The number of carbonyl (C=O) groups is 1. The molecule has 3 aromatic rings. The largest absolute Gasteiger partial charge is 0.496 e. The molecule has 0 saturated carbocycles. The molecular weight excluding hydrogens is 358 g/mol. The molecule has 1 aliphatic heterocycles. The van der Waals surface area contributed by atoms with Crippen LogP contribution in [0.2, 0.25) is 0 Å². The molecule has 2 aromatic carbocycles. The summed E-state index contributed by atoms with van der Waals surface area (Å²) in [6, 6.07) is 18.8. The Balaban J connectivity index is 1.75. The molecule has 27 heavy (non-hydrogen) atoms. The lowest BCUT2D eigenvalue weighted by Gasteiger charge is -2.23. The fraction of sp³-hybridized carbons (Fsp3) is 0.143. The van der Waals surface area contributed by atoms with Gasteiger partial charge in [0.2, 0.25) is 0 Å². The maximum atomic E-state index is 13.1. The van der Waals surface area contributed by atoms with Crippen molar-refractivity contribution in [2.75, 3.05) is 12.8 Å². The van der Waals surface area contributed by atoms with Crippen LogP contribution in [0.4, 0.5) is 5.69 Å². The van der Waals surface area contributed by atoms with Crippen LogP contribution < -0.4 is 10.5 Å². The Morgan fingerprint density at radius 3 is 2.63 bits per heavy atom. The van der Waals surface area contributed by atoms with Crippen LogP contribution in [0.5, 0.6) is 5.75 Å². The number of nitrogens with zero attached hydrogens (tertiary/aromatic N) is 2. The van der Waals surface area contributed by atoms with E-state index in [1.54, 1.807) is 12.1 Å². The van der Waals surface area contributed by atoms with Crippen molar-refractivity contribution in [2.45, 2.75) is 12.5 Å². The number of para-hydroxylation sites is 1. The number of nitrogens with two attached hydrogens (primary N) is 1. The predicted molar refractivity (Wildman–Crippen MR) is 108 cm³/mol. The van der Waals surface area contributed by atoms with Gasteiger partial charge in [0, 0.05) is 17.7 Å².